The van der Waals surface area contributed by atoms with Crippen LogP contribution in [-0.2, 0) is 0 Å². The van der Waals surface area contributed by atoms with E-state index in [9.17, 15) is 0 Å². The molecule has 0 radical (unpaired) electrons. The molecule has 0 aliphatic heterocycles. The number of ether oxygens (including phenoxy) is 1. The largest absolute Gasteiger partial charge is 0.492 e. The van der Waals surface area contributed by atoms with E-state index in [1.807, 2.05) is 31.3 Å². The number of nitrogens with one attached hydrogen (secondary N) is 1. The Morgan fingerprint density at radius 1 is 1.05 bits per heavy atom. The van der Waals surface area contributed by atoms with Crippen molar-refractivity contribution in [2.24, 2.45) is 0 Å². The maximum Gasteiger partial charge on any atom is 0.119 e. The van der Waals surface area contributed by atoms with Crippen LogP contribution in [0.15, 0.2) is 48.5 Å². The number of halogens is 1. The van der Waals surface area contributed by atoms with Gasteiger partial charge in [0.1, 0.15) is 12.4 Å². The van der Waals surface area contributed by atoms with Crippen LogP contribution in [0.3, 0.4) is 0 Å². The van der Waals surface area contributed by atoms with Crippen molar-refractivity contribution in [1.29, 1.82) is 0 Å². The van der Waals surface area contributed by atoms with E-state index in [2.05, 4.69) is 36.5 Å². The summed E-state index contributed by atoms with van der Waals surface area (Å²) in [6, 6.07) is 16.1. The average molecular weight is 276 g/mol. The lowest BCUT2D eigenvalue weighted by Crippen LogP contribution is -2.23. The first kappa shape index (κ1) is 13.9. The molecule has 0 heterocycles. The fourth-order valence-electron chi connectivity index (χ4n) is 1.86. The van der Waals surface area contributed by atoms with Gasteiger partial charge in [0.05, 0.1) is 6.04 Å². The van der Waals surface area contributed by atoms with Crippen molar-refractivity contribution in [2.75, 3.05) is 13.7 Å². The summed E-state index contributed by atoms with van der Waals surface area (Å²) in [6.45, 7) is 2.67. The smallest absolute Gasteiger partial charge is 0.119 e. The minimum atomic E-state index is 0.177. The molecule has 0 fully saturated rings. The Labute approximate surface area is 119 Å². The van der Waals surface area contributed by atoms with Crippen LogP contribution in [0, 0.1) is 6.92 Å². The summed E-state index contributed by atoms with van der Waals surface area (Å²) in [5, 5.41) is 3.99. The molecule has 1 atom stereocenters. The van der Waals surface area contributed by atoms with Gasteiger partial charge in [0.15, 0.2) is 0 Å². The van der Waals surface area contributed by atoms with Crippen molar-refractivity contribution >= 4 is 11.6 Å². The summed E-state index contributed by atoms with van der Waals surface area (Å²) in [7, 11) is 1.94. The number of benzene rings is 2. The molecule has 0 aliphatic carbocycles. The average Bonchev–Trinajstić information content (AvgIpc) is 2.43. The van der Waals surface area contributed by atoms with Gasteiger partial charge >= 0.3 is 0 Å². The zero-order valence-corrected chi connectivity index (χ0v) is 11.9. The molecular formula is C16H18ClNO. The Kier molecular flexibility index (Phi) is 4.83. The standard InChI is InChI=1S/C16H18ClNO/c1-12-3-5-13(6-4-12)16(18-2)11-19-15-9-7-14(17)8-10-15/h3-10,16,18H,11H2,1-2H3. The lowest BCUT2D eigenvalue weighted by atomic mass is 10.1. The van der Waals surface area contributed by atoms with Crippen LogP contribution in [0.25, 0.3) is 0 Å². The van der Waals surface area contributed by atoms with Crippen molar-refractivity contribution in [3.63, 3.8) is 0 Å². The monoisotopic (exact) mass is 275 g/mol. The third kappa shape index (κ3) is 3.98. The van der Waals surface area contributed by atoms with Crippen LogP contribution in [0.1, 0.15) is 17.2 Å². The number of rotatable bonds is 5. The van der Waals surface area contributed by atoms with Crippen LogP contribution in [0.4, 0.5) is 0 Å². The molecule has 0 bridgehead atoms. The Hall–Kier alpha value is -1.51. The van der Waals surface area contributed by atoms with Crippen molar-refractivity contribution in [3.8, 4) is 5.75 Å². The molecule has 100 valence electrons. The molecular weight excluding hydrogens is 258 g/mol. The van der Waals surface area contributed by atoms with E-state index in [1.165, 1.54) is 11.1 Å². The molecule has 2 aromatic rings. The fourth-order valence-corrected chi connectivity index (χ4v) is 1.98. The molecule has 0 aromatic heterocycles. The Balaban J connectivity index is 1.99. The van der Waals surface area contributed by atoms with Crippen molar-refractivity contribution < 1.29 is 4.74 Å². The summed E-state index contributed by atoms with van der Waals surface area (Å²) in [6.07, 6.45) is 0. The van der Waals surface area contributed by atoms with Crippen LogP contribution < -0.4 is 10.1 Å². The van der Waals surface area contributed by atoms with Gasteiger partial charge in [0.25, 0.3) is 0 Å². The lowest BCUT2D eigenvalue weighted by molar-refractivity contribution is 0.273. The molecule has 2 rings (SSSR count). The molecule has 0 saturated carbocycles. The highest BCUT2D eigenvalue weighted by molar-refractivity contribution is 6.30. The SMILES string of the molecule is CNC(COc1ccc(Cl)cc1)c1ccc(C)cc1. The van der Waals surface area contributed by atoms with Gasteiger partial charge in [-0.25, -0.2) is 0 Å². The van der Waals surface area contributed by atoms with E-state index in [1.54, 1.807) is 0 Å². The van der Waals surface area contributed by atoms with Crippen molar-refractivity contribution in [3.05, 3.63) is 64.7 Å². The number of likely N-dealkylation sites (N-methyl/N-ethyl adjacent to an activating group) is 1. The minimum absolute atomic E-state index is 0.177. The predicted molar refractivity (Wildman–Crippen MR) is 79.9 cm³/mol. The number of hydrogen-bond donors (Lipinski definition) is 1. The van der Waals surface area contributed by atoms with Crippen LogP contribution in [0.2, 0.25) is 5.02 Å². The molecule has 0 saturated heterocycles. The highest BCUT2D eigenvalue weighted by Crippen LogP contribution is 2.19. The molecule has 1 unspecified atom stereocenters. The predicted octanol–water partition coefficient (Wildman–Crippen LogP) is 3.99. The lowest BCUT2D eigenvalue weighted by Gasteiger charge is -2.17. The molecule has 3 heteroatoms. The van der Waals surface area contributed by atoms with E-state index in [0.29, 0.717) is 6.61 Å². The second-order valence-corrected chi connectivity index (χ2v) is 4.95. The first-order valence-corrected chi connectivity index (χ1v) is 6.69. The minimum Gasteiger partial charge on any atom is -0.492 e. The summed E-state index contributed by atoms with van der Waals surface area (Å²) < 4.78 is 5.78. The molecule has 2 aromatic carbocycles. The third-order valence-corrected chi connectivity index (χ3v) is 3.31. The van der Waals surface area contributed by atoms with Crippen LogP contribution in [-0.4, -0.2) is 13.7 Å². The molecule has 0 amide bonds. The maximum absolute atomic E-state index is 5.84. The maximum atomic E-state index is 5.84. The molecule has 0 spiro atoms. The van der Waals surface area contributed by atoms with Gasteiger partial charge in [0.2, 0.25) is 0 Å². The summed E-state index contributed by atoms with van der Waals surface area (Å²) in [4.78, 5) is 0. The zero-order chi connectivity index (χ0) is 13.7. The fraction of sp³-hybridized carbons (Fsp3) is 0.250. The topological polar surface area (TPSA) is 21.3 Å². The van der Waals surface area contributed by atoms with Crippen LogP contribution in [0.5, 0.6) is 5.75 Å². The molecule has 0 aliphatic rings. The molecule has 1 N–H and O–H groups in total. The first-order chi connectivity index (χ1) is 9.19. The van der Waals surface area contributed by atoms with E-state index >= 15 is 0 Å². The van der Waals surface area contributed by atoms with Crippen molar-refractivity contribution in [2.45, 2.75) is 13.0 Å². The third-order valence-electron chi connectivity index (χ3n) is 3.06. The van der Waals surface area contributed by atoms with Gasteiger partial charge in [-0.2, -0.15) is 0 Å². The first-order valence-electron chi connectivity index (χ1n) is 6.31. The Morgan fingerprint density at radius 3 is 2.26 bits per heavy atom. The van der Waals surface area contributed by atoms with Crippen molar-refractivity contribution in [1.82, 2.24) is 5.32 Å². The highest BCUT2D eigenvalue weighted by Gasteiger charge is 2.09. The van der Waals surface area contributed by atoms with Gasteiger partial charge in [-0.3, -0.25) is 0 Å². The summed E-state index contributed by atoms with van der Waals surface area (Å²) >= 11 is 5.84. The normalized spacial score (nSPS) is 12.2. The van der Waals surface area contributed by atoms with E-state index in [4.69, 9.17) is 16.3 Å². The second-order valence-electron chi connectivity index (χ2n) is 4.52. The molecule has 2 nitrogen and oxygen atoms in total. The Bertz CT molecular complexity index is 507. The quantitative estimate of drug-likeness (QED) is 0.891. The van der Waals surface area contributed by atoms with Gasteiger partial charge in [-0.15, -0.1) is 0 Å². The van der Waals surface area contributed by atoms with Crippen LogP contribution >= 0.6 is 11.6 Å². The highest BCUT2D eigenvalue weighted by atomic mass is 35.5. The summed E-state index contributed by atoms with van der Waals surface area (Å²) in [5.41, 5.74) is 2.49. The zero-order valence-electron chi connectivity index (χ0n) is 11.2. The Morgan fingerprint density at radius 2 is 1.68 bits per heavy atom. The number of aryl methyl sites for hydroxylation is 1. The van der Waals surface area contributed by atoms with E-state index in [0.717, 1.165) is 10.8 Å². The van der Waals surface area contributed by atoms with E-state index in [-0.39, 0.29) is 6.04 Å². The second kappa shape index (κ2) is 6.60. The number of hydrogen-bond acceptors (Lipinski definition) is 2. The van der Waals surface area contributed by atoms with Gasteiger partial charge in [-0.1, -0.05) is 41.4 Å². The molecule has 19 heavy (non-hydrogen) atoms. The van der Waals surface area contributed by atoms with E-state index < -0.39 is 0 Å². The van der Waals surface area contributed by atoms with Gasteiger partial charge in [0, 0.05) is 5.02 Å². The summed E-state index contributed by atoms with van der Waals surface area (Å²) in [5.74, 6) is 0.830. The van der Waals surface area contributed by atoms with Gasteiger partial charge < -0.3 is 10.1 Å². The van der Waals surface area contributed by atoms with Gasteiger partial charge in [-0.05, 0) is 43.8 Å².